The third kappa shape index (κ3) is 4.20. The number of hydrogen-bond donors (Lipinski definition) is 0. The third-order valence-corrected chi connectivity index (χ3v) is 3.58. The number of hydrogen-bond acceptors (Lipinski definition) is 6. The zero-order valence-corrected chi connectivity index (χ0v) is 14.3. The Bertz CT molecular complexity index is 865. The zero-order valence-electron chi connectivity index (χ0n) is 12.7. The molecule has 3 rings (SSSR count). The molecule has 3 aromatic rings. The van der Waals surface area contributed by atoms with Gasteiger partial charge in [-0.05, 0) is 49.4 Å². The Morgan fingerprint density at radius 2 is 2.04 bits per heavy atom. The monoisotopic (exact) mass is 388 g/mol. The predicted molar refractivity (Wildman–Crippen MR) is 89.7 cm³/mol. The van der Waals surface area contributed by atoms with Gasteiger partial charge in [0.1, 0.15) is 11.5 Å². The molecule has 0 amide bonds. The van der Waals surface area contributed by atoms with E-state index in [9.17, 15) is 4.79 Å². The van der Waals surface area contributed by atoms with E-state index >= 15 is 0 Å². The molecule has 0 saturated heterocycles. The maximum absolute atomic E-state index is 11.7. The number of rotatable bonds is 5. The Kier molecular flexibility index (Phi) is 4.90. The highest BCUT2D eigenvalue weighted by Gasteiger charge is 2.10. The average molecular weight is 389 g/mol. The Morgan fingerprint density at radius 3 is 2.75 bits per heavy atom. The molecule has 0 saturated carbocycles. The van der Waals surface area contributed by atoms with Crippen LogP contribution in [0.3, 0.4) is 0 Å². The van der Waals surface area contributed by atoms with Crippen LogP contribution in [0.2, 0.25) is 0 Å². The number of ether oxygens (including phenoxy) is 1. The molecule has 2 aromatic heterocycles. The maximum Gasteiger partial charge on any atom is 0.331 e. The highest BCUT2D eigenvalue weighted by Crippen LogP contribution is 2.19. The van der Waals surface area contributed by atoms with Gasteiger partial charge in [-0.2, -0.15) is 4.98 Å². The van der Waals surface area contributed by atoms with E-state index in [0.29, 0.717) is 11.6 Å². The van der Waals surface area contributed by atoms with E-state index in [4.69, 9.17) is 13.7 Å². The molecule has 2 heterocycles. The van der Waals surface area contributed by atoms with Gasteiger partial charge in [0.15, 0.2) is 6.61 Å². The normalized spacial score (nSPS) is 11.1. The van der Waals surface area contributed by atoms with E-state index in [-0.39, 0.29) is 12.5 Å². The predicted octanol–water partition coefficient (Wildman–Crippen LogP) is 4.16. The average Bonchev–Trinajstić information content (AvgIpc) is 3.21. The number of benzene rings is 1. The number of carbonyl (C=O) groups excluding carboxylic acids is 1. The molecule has 122 valence electrons. The van der Waals surface area contributed by atoms with Crippen LogP contribution in [0, 0.1) is 6.92 Å². The number of carbonyl (C=O) groups is 1. The van der Waals surface area contributed by atoms with Crippen molar-refractivity contribution in [2.24, 2.45) is 0 Å². The minimum absolute atomic E-state index is 0.0934. The van der Waals surface area contributed by atoms with Crippen molar-refractivity contribution in [3.63, 3.8) is 0 Å². The Balaban J connectivity index is 1.56. The van der Waals surface area contributed by atoms with Gasteiger partial charge in [-0.25, -0.2) is 4.79 Å². The summed E-state index contributed by atoms with van der Waals surface area (Å²) in [5.41, 5.74) is 0.813. The highest BCUT2D eigenvalue weighted by atomic mass is 79.9. The fraction of sp³-hybridized carbons (Fsp3) is 0.118. The third-order valence-electron chi connectivity index (χ3n) is 3.05. The van der Waals surface area contributed by atoms with E-state index in [0.717, 1.165) is 15.8 Å². The molecular weight excluding hydrogens is 376 g/mol. The van der Waals surface area contributed by atoms with Crippen LogP contribution in [-0.4, -0.2) is 16.1 Å². The number of halogens is 1. The number of aromatic nitrogens is 2. The molecule has 6 nitrogen and oxygen atoms in total. The molecule has 0 aliphatic rings. The van der Waals surface area contributed by atoms with Gasteiger partial charge in [-0.15, -0.1) is 0 Å². The fourth-order valence-electron chi connectivity index (χ4n) is 1.90. The summed E-state index contributed by atoms with van der Waals surface area (Å²) < 4.78 is 16.4. The fourth-order valence-corrected chi connectivity index (χ4v) is 2.17. The van der Waals surface area contributed by atoms with Crippen LogP contribution in [0.4, 0.5) is 0 Å². The summed E-state index contributed by atoms with van der Waals surface area (Å²) in [7, 11) is 0. The summed E-state index contributed by atoms with van der Waals surface area (Å²) >= 11 is 3.36. The molecule has 0 radical (unpaired) electrons. The van der Waals surface area contributed by atoms with Crippen LogP contribution in [0.15, 0.2) is 55.9 Å². The van der Waals surface area contributed by atoms with Gasteiger partial charge in [0.2, 0.25) is 5.82 Å². The van der Waals surface area contributed by atoms with Crippen LogP contribution < -0.4 is 0 Å². The van der Waals surface area contributed by atoms with Crippen molar-refractivity contribution in [2.45, 2.75) is 13.5 Å². The summed E-state index contributed by atoms with van der Waals surface area (Å²) in [6.45, 7) is 1.73. The van der Waals surface area contributed by atoms with Gasteiger partial charge < -0.3 is 13.7 Å². The van der Waals surface area contributed by atoms with Crippen LogP contribution >= 0.6 is 15.9 Å². The molecule has 1 aromatic carbocycles. The smallest absolute Gasteiger partial charge is 0.331 e. The highest BCUT2D eigenvalue weighted by molar-refractivity contribution is 9.10. The van der Waals surface area contributed by atoms with Gasteiger partial charge in [-0.3, -0.25) is 0 Å². The van der Waals surface area contributed by atoms with Crippen molar-refractivity contribution in [3.05, 3.63) is 64.4 Å². The molecule has 0 atom stereocenters. The molecule has 0 fully saturated rings. The minimum Gasteiger partial charge on any atom is -0.462 e. The second-order valence-corrected chi connectivity index (χ2v) is 5.82. The quantitative estimate of drug-likeness (QED) is 0.482. The van der Waals surface area contributed by atoms with Crippen LogP contribution in [0.25, 0.3) is 17.5 Å². The molecule has 0 spiro atoms. The molecular formula is C17H13BrN2O4. The zero-order chi connectivity index (χ0) is 16.9. The number of esters is 1. The summed E-state index contributed by atoms with van der Waals surface area (Å²) in [4.78, 5) is 15.9. The van der Waals surface area contributed by atoms with Gasteiger partial charge in [0, 0.05) is 16.1 Å². The van der Waals surface area contributed by atoms with Gasteiger partial charge >= 0.3 is 5.97 Å². The molecule has 0 aliphatic heterocycles. The summed E-state index contributed by atoms with van der Waals surface area (Å²) in [5.74, 6) is 1.50. The summed E-state index contributed by atoms with van der Waals surface area (Å²) in [6, 6.07) is 11.1. The van der Waals surface area contributed by atoms with Gasteiger partial charge in [0.05, 0.1) is 0 Å². The molecule has 0 N–H and O–H groups in total. The van der Waals surface area contributed by atoms with Crippen molar-refractivity contribution in [1.82, 2.24) is 10.1 Å². The van der Waals surface area contributed by atoms with Gasteiger partial charge in [-0.1, -0.05) is 21.1 Å². The topological polar surface area (TPSA) is 78.4 Å². The summed E-state index contributed by atoms with van der Waals surface area (Å²) in [5, 5.41) is 3.86. The Hall–Kier alpha value is -2.67. The largest absolute Gasteiger partial charge is 0.462 e. The van der Waals surface area contributed by atoms with E-state index in [1.165, 1.54) is 12.2 Å². The van der Waals surface area contributed by atoms with Crippen LogP contribution in [0.5, 0.6) is 0 Å². The minimum atomic E-state index is -0.521. The van der Waals surface area contributed by atoms with Crippen molar-refractivity contribution in [2.75, 3.05) is 0 Å². The lowest BCUT2D eigenvalue weighted by Gasteiger charge is -1.96. The Labute approximate surface area is 146 Å². The number of furan rings is 1. The van der Waals surface area contributed by atoms with E-state index in [2.05, 4.69) is 26.1 Å². The number of aryl methyl sites for hydroxylation is 1. The van der Waals surface area contributed by atoms with E-state index in [1.807, 2.05) is 37.3 Å². The molecule has 24 heavy (non-hydrogen) atoms. The van der Waals surface area contributed by atoms with Crippen molar-refractivity contribution >= 4 is 28.0 Å². The number of nitrogens with zero attached hydrogens (tertiary/aromatic N) is 2. The second kappa shape index (κ2) is 7.27. The first-order chi connectivity index (χ1) is 11.6. The SMILES string of the molecule is Cc1ccc(/C=C/C(=O)OCc2nc(-c3ccc(Br)cc3)no2)o1. The van der Waals surface area contributed by atoms with Crippen molar-refractivity contribution < 1.29 is 18.5 Å². The molecule has 0 aliphatic carbocycles. The van der Waals surface area contributed by atoms with Crippen molar-refractivity contribution in [1.29, 1.82) is 0 Å². The van der Waals surface area contributed by atoms with Gasteiger partial charge in [0.25, 0.3) is 5.89 Å². The standard InChI is InChI=1S/C17H13BrN2O4/c1-11-2-7-14(23-11)8-9-16(21)22-10-15-19-17(20-24-15)12-3-5-13(18)6-4-12/h2-9H,10H2,1H3/b9-8+. The first-order valence-electron chi connectivity index (χ1n) is 7.10. The Morgan fingerprint density at radius 1 is 1.25 bits per heavy atom. The second-order valence-electron chi connectivity index (χ2n) is 4.91. The molecule has 7 heteroatoms. The molecule has 0 unspecified atom stereocenters. The lowest BCUT2D eigenvalue weighted by atomic mass is 10.2. The van der Waals surface area contributed by atoms with E-state index < -0.39 is 5.97 Å². The van der Waals surface area contributed by atoms with E-state index in [1.54, 1.807) is 6.07 Å². The molecule has 0 bridgehead atoms. The van der Waals surface area contributed by atoms with Crippen LogP contribution in [-0.2, 0) is 16.1 Å². The first-order valence-corrected chi connectivity index (χ1v) is 7.89. The van der Waals surface area contributed by atoms with Crippen LogP contribution in [0.1, 0.15) is 17.4 Å². The summed E-state index contributed by atoms with van der Waals surface area (Å²) in [6.07, 6.45) is 2.82. The first kappa shape index (κ1) is 16.2. The lowest BCUT2D eigenvalue weighted by molar-refractivity contribution is -0.139. The lowest BCUT2D eigenvalue weighted by Crippen LogP contribution is -2.00. The van der Waals surface area contributed by atoms with Crippen molar-refractivity contribution in [3.8, 4) is 11.4 Å². The maximum atomic E-state index is 11.7.